The lowest BCUT2D eigenvalue weighted by Gasteiger charge is -2.09. The fraction of sp³-hybridized carbons (Fsp3) is 0.500. The highest BCUT2D eigenvalue weighted by molar-refractivity contribution is 5.69. The molecule has 0 aliphatic rings. The third-order valence-corrected chi connectivity index (χ3v) is 2.79. The van der Waals surface area contributed by atoms with Crippen LogP contribution in [0.25, 0.3) is 0 Å². The number of rotatable bonds is 6. The van der Waals surface area contributed by atoms with Crippen molar-refractivity contribution < 1.29 is 9.53 Å². The lowest BCUT2D eigenvalue weighted by Crippen LogP contribution is -2.11. The summed E-state index contributed by atoms with van der Waals surface area (Å²) in [6, 6.07) is 7.60. The average molecular weight is 235 g/mol. The number of aryl methyl sites for hydroxylation is 1. The molecule has 3 heteroatoms. The molecule has 3 nitrogen and oxygen atoms in total. The molecule has 2 N–H and O–H groups in total. The van der Waals surface area contributed by atoms with Crippen molar-refractivity contribution in [1.82, 2.24) is 0 Å². The SMILES string of the molecule is CCC(C)COC(=O)CCc1cccc(N)c1. The first-order valence-electron chi connectivity index (χ1n) is 6.12. The molecule has 0 amide bonds. The van der Waals surface area contributed by atoms with Gasteiger partial charge in [-0.1, -0.05) is 32.4 Å². The van der Waals surface area contributed by atoms with Crippen LogP contribution in [0.2, 0.25) is 0 Å². The molecule has 0 aromatic heterocycles. The Hall–Kier alpha value is -1.51. The van der Waals surface area contributed by atoms with Crippen LogP contribution < -0.4 is 5.73 Å². The summed E-state index contributed by atoms with van der Waals surface area (Å²) in [5.74, 6) is 0.305. The standard InChI is InChI=1S/C14H21NO2/c1-3-11(2)10-17-14(16)8-7-12-5-4-6-13(15)9-12/h4-6,9,11H,3,7-8,10,15H2,1-2H3. The normalized spacial score (nSPS) is 12.1. The summed E-state index contributed by atoms with van der Waals surface area (Å²) in [5.41, 5.74) is 7.47. The summed E-state index contributed by atoms with van der Waals surface area (Å²) < 4.78 is 5.18. The maximum Gasteiger partial charge on any atom is 0.306 e. The lowest BCUT2D eigenvalue weighted by molar-refractivity contribution is -0.144. The van der Waals surface area contributed by atoms with Gasteiger partial charge in [0.1, 0.15) is 0 Å². The Morgan fingerprint density at radius 3 is 2.88 bits per heavy atom. The van der Waals surface area contributed by atoms with E-state index in [1.165, 1.54) is 0 Å². The molecule has 0 bridgehead atoms. The summed E-state index contributed by atoms with van der Waals surface area (Å²) in [6.07, 6.45) is 2.13. The predicted octanol–water partition coefficient (Wildman–Crippen LogP) is 2.79. The molecule has 1 aromatic rings. The van der Waals surface area contributed by atoms with E-state index >= 15 is 0 Å². The van der Waals surface area contributed by atoms with E-state index in [4.69, 9.17) is 10.5 Å². The van der Waals surface area contributed by atoms with Gasteiger partial charge in [-0.15, -0.1) is 0 Å². The number of benzene rings is 1. The van der Waals surface area contributed by atoms with E-state index < -0.39 is 0 Å². The molecule has 0 heterocycles. The summed E-state index contributed by atoms with van der Waals surface area (Å²) in [4.78, 5) is 11.5. The molecule has 1 aromatic carbocycles. The molecule has 0 saturated carbocycles. The number of esters is 1. The van der Waals surface area contributed by atoms with Crippen LogP contribution in [0.15, 0.2) is 24.3 Å². The molecular weight excluding hydrogens is 214 g/mol. The van der Waals surface area contributed by atoms with Gasteiger partial charge < -0.3 is 10.5 Å². The van der Waals surface area contributed by atoms with E-state index in [9.17, 15) is 4.79 Å². The Morgan fingerprint density at radius 1 is 1.47 bits per heavy atom. The van der Waals surface area contributed by atoms with Gasteiger partial charge in [-0.2, -0.15) is 0 Å². The second kappa shape index (κ2) is 6.94. The van der Waals surface area contributed by atoms with Crippen molar-refractivity contribution in [3.8, 4) is 0 Å². The number of hydrogen-bond donors (Lipinski definition) is 1. The number of anilines is 1. The quantitative estimate of drug-likeness (QED) is 0.609. The second-order valence-electron chi connectivity index (χ2n) is 4.44. The lowest BCUT2D eigenvalue weighted by atomic mass is 10.1. The first-order chi connectivity index (χ1) is 8.11. The number of carbonyl (C=O) groups is 1. The minimum atomic E-state index is -0.132. The highest BCUT2D eigenvalue weighted by Gasteiger charge is 2.06. The molecule has 1 unspecified atom stereocenters. The molecule has 1 rings (SSSR count). The van der Waals surface area contributed by atoms with Gasteiger partial charge in [0, 0.05) is 12.1 Å². The smallest absolute Gasteiger partial charge is 0.306 e. The molecule has 0 fully saturated rings. The van der Waals surface area contributed by atoms with E-state index in [0.717, 1.165) is 17.7 Å². The second-order valence-corrected chi connectivity index (χ2v) is 4.44. The van der Waals surface area contributed by atoms with Gasteiger partial charge in [-0.25, -0.2) is 0 Å². The van der Waals surface area contributed by atoms with E-state index in [1.807, 2.05) is 24.3 Å². The molecule has 94 valence electrons. The fourth-order valence-electron chi connectivity index (χ4n) is 1.42. The fourth-order valence-corrected chi connectivity index (χ4v) is 1.42. The van der Waals surface area contributed by atoms with Crippen LogP contribution in [0.3, 0.4) is 0 Å². The zero-order valence-electron chi connectivity index (χ0n) is 10.6. The maximum atomic E-state index is 11.5. The average Bonchev–Trinajstić information content (AvgIpc) is 2.33. The van der Waals surface area contributed by atoms with E-state index in [0.29, 0.717) is 25.4 Å². The summed E-state index contributed by atoms with van der Waals surface area (Å²) in [6.45, 7) is 4.68. The number of carbonyl (C=O) groups excluding carboxylic acids is 1. The van der Waals surface area contributed by atoms with E-state index in [1.54, 1.807) is 0 Å². The third kappa shape index (κ3) is 5.38. The zero-order valence-corrected chi connectivity index (χ0v) is 10.6. The van der Waals surface area contributed by atoms with Gasteiger partial charge in [0.15, 0.2) is 0 Å². The molecule has 0 spiro atoms. The molecule has 0 aliphatic heterocycles. The van der Waals surface area contributed by atoms with Crippen LogP contribution in [0, 0.1) is 5.92 Å². The highest BCUT2D eigenvalue weighted by atomic mass is 16.5. The van der Waals surface area contributed by atoms with Crippen LogP contribution in [0.4, 0.5) is 5.69 Å². The van der Waals surface area contributed by atoms with Crippen LogP contribution in [0.5, 0.6) is 0 Å². The minimum Gasteiger partial charge on any atom is -0.465 e. The van der Waals surface area contributed by atoms with E-state index in [2.05, 4.69) is 13.8 Å². The molecule has 17 heavy (non-hydrogen) atoms. The largest absolute Gasteiger partial charge is 0.465 e. The highest BCUT2D eigenvalue weighted by Crippen LogP contribution is 2.09. The van der Waals surface area contributed by atoms with E-state index in [-0.39, 0.29) is 5.97 Å². The Morgan fingerprint density at radius 2 is 2.24 bits per heavy atom. The molecule has 1 atom stereocenters. The molecule has 0 radical (unpaired) electrons. The van der Waals surface area contributed by atoms with Gasteiger partial charge in [0.25, 0.3) is 0 Å². The van der Waals surface area contributed by atoms with Gasteiger partial charge in [-0.3, -0.25) is 4.79 Å². The van der Waals surface area contributed by atoms with Crippen molar-refractivity contribution in [2.24, 2.45) is 5.92 Å². The van der Waals surface area contributed by atoms with Crippen molar-refractivity contribution in [1.29, 1.82) is 0 Å². The predicted molar refractivity (Wildman–Crippen MR) is 69.6 cm³/mol. The molecule has 0 saturated heterocycles. The van der Waals surface area contributed by atoms with Crippen LogP contribution in [-0.2, 0) is 16.0 Å². The van der Waals surface area contributed by atoms with Crippen molar-refractivity contribution in [3.05, 3.63) is 29.8 Å². The van der Waals surface area contributed by atoms with Crippen molar-refractivity contribution in [2.75, 3.05) is 12.3 Å². The Kier molecular flexibility index (Phi) is 5.53. The van der Waals surface area contributed by atoms with Crippen molar-refractivity contribution in [2.45, 2.75) is 33.1 Å². The number of nitrogens with two attached hydrogens (primary N) is 1. The van der Waals surface area contributed by atoms with Crippen molar-refractivity contribution >= 4 is 11.7 Å². The topological polar surface area (TPSA) is 52.3 Å². The summed E-state index contributed by atoms with van der Waals surface area (Å²) in [5, 5.41) is 0. The number of nitrogen functional groups attached to an aromatic ring is 1. The van der Waals surface area contributed by atoms with Crippen LogP contribution in [0.1, 0.15) is 32.3 Å². The van der Waals surface area contributed by atoms with Crippen LogP contribution in [-0.4, -0.2) is 12.6 Å². The molecular formula is C14H21NO2. The minimum absolute atomic E-state index is 0.132. The Balaban J connectivity index is 2.28. The van der Waals surface area contributed by atoms with Gasteiger partial charge >= 0.3 is 5.97 Å². The maximum absolute atomic E-state index is 11.5. The van der Waals surface area contributed by atoms with Crippen LogP contribution >= 0.6 is 0 Å². The zero-order chi connectivity index (χ0) is 12.7. The summed E-state index contributed by atoms with van der Waals surface area (Å²) >= 11 is 0. The number of ether oxygens (including phenoxy) is 1. The summed E-state index contributed by atoms with van der Waals surface area (Å²) in [7, 11) is 0. The van der Waals surface area contributed by atoms with Gasteiger partial charge in [0.05, 0.1) is 6.61 Å². The van der Waals surface area contributed by atoms with Gasteiger partial charge in [-0.05, 0) is 30.0 Å². The Bertz CT molecular complexity index is 363. The molecule has 0 aliphatic carbocycles. The first-order valence-corrected chi connectivity index (χ1v) is 6.12. The van der Waals surface area contributed by atoms with Gasteiger partial charge in [0.2, 0.25) is 0 Å². The first kappa shape index (κ1) is 13.6. The Labute approximate surface area is 103 Å². The van der Waals surface area contributed by atoms with Crippen molar-refractivity contribution in [3.63, 3.8) is 0 Å². The third-order valence-electron chi connectivity index (χ3n) is 2.79. The number of hydrogen-bond acceptors (Lipinski definition) is 3. The monoisotopic (exact) mass is 235 g/mol.